The Kier molecular flexibility index (Phi) is 5.70. The smallest absolute Gasteiger partial charge is 0.189 e. The first-order valence-electron chi connectivity index (χ1n) is 7.05. The van der Waals surface area contributed by atoms with Gasteiger partial charge in [0.2, 0.25) is 0 Å². The highest BCUT2D eigenvalue weighted by molar-refractivity contribution is 9.10. The Hall–Kier alpha value is -1.03. The highest BCUT2D eigenvalue weighted by atomic mass is 79.9. The van der Waals surface area contributed by atoms with Crippen LogP contribution in [0.4, 0.5) is 0 Å². The number of rotatable bonds is 3. The summed E-state index contributed by atoms with van der Waals surface area (Å²) in [6.45, 7) is 0.638. The quantitative estimate of drug-likeness (QED) is 0.507. The minimum Gasteiger partial charge on any atom is -0.370 e. The Morgan fingerprint density at radius 1 is 1.16 bits per heavy atom. The number of hydrogen-bond acceptors (Lipinski definition) is 1. The second kappa shape index (κ2) is 7.53. The maximum atomic E-state index is 5.96. The third-order valence-electron chi connectivity index (χ3n) is 3.55. The molecule has 1 saturated carbocycles. The zero-order valence-electron chi connectivity index (χ0n) is 11.2. The van der Waals surface area contributed by atoms with Crippen molar-refractivity contribution in [1.82, 2.24) is 5.32 Å². The summed E-state index contributed by atoms with van der Waals surface area (Å²) in [6.07, 6.45) is 7.75. The van der Waals surface area contributed by atoms with Gasteiger partial charge in [0, 0.05) is 10.5 Å². The molecule has 3 N–H and O–H groups in total. The lowest BCUT2D eigenvalue weighted by Crippen LogP contribution is -2.39. The van der Waals surface area contributed by atoms with Crippen molar-refractivity contribution in [3.05, 3.63) is 34.3 Å². The summed E-state index contributed by atoms with van der Waals surface area (Å²) in [7, 11) is 0. The molecule has 3 nitrogen and oxygen atoms in total. The van der Waals surface area contributed by atoms with Crippen LogP contribution in [0.25, 0.3) is 0 Å². The van der Waals surface area contributed by atoms with Gasteiger partial charge in [-0.2, -0.15) is 0 Å². The third-order valence-corrected chi connectivity index (χ3v) is 4.08. The number of guanidine groups is 1. The molecular formula is C15H22BrN3. The van der Waals surface area contributed by atoms with Gasteiger partial charge in [-0.05, 0) is 30.5 Å². The van der Waals surface area contributed by atoms with Crippen LogP contribution in [0.3, 0.4) is 0 Å². The standard InChI is InChI=1S/C15H22BrN3/c16-13-9-7-12(8-10-13)11-18-15(17)19-14-5-3-1-2-4-6-14/h7-10,14H,1-6,11H2,(H3,17,18,19). The van der Waals surface area contributed by atoms with Crippen LogP contribution in [0, 0.1) is 0 Å². The van der Waals surface area contributed by atoms with Crippen molar-refractivity contribution in [2.45, 2.75) is 51.1 Å². The molecule has 0 atom stereocenters. The van der Waals surface area contributed by atoms with Crippen molar-refractivity contribution in [1.29, 1.82) is 0 Å². The molecule has 0 saturated heterocycles. The molecule has 2 rings (SSSR count). The van der Waals surface area contributed by atoms with Gasteiger partial charge in [-0.25, -0.2) is 4.99 Å². The molecule has 0 heterocycles. The normalized spacial score (nSPS) is 18.1. The fourth-order valence-electron chi connectivity index (χ4n) is 2.44. The van der Waals surface area contributed by atoms with Gasteiger partial charge in [0.15, 0.2) is 5.96 Å². The summed E-state index contributed by atoms with van der Waals surface area (Å²) < 4.78 is 1.09. The van der Waals surface area contributed by atoms with Gasteiger partial charge in [-0.15, -0.1) is 0 Å². The molecule has 1 fully saturated rings. The van der Waals surface area contributed by atoms with Crippen LogP contribution >= 0.6 is 15.9 Å². The van der Waals surface area contributed by atoms with Crippen LogP contribution < -0.4 is 11.1 Å². The SMILES string of the molecule is NC(=NCc1ccc(Br)cc1)NC1CCCCCC1. The van der Waals surface area contributed by atoms with E-state index in [1.807, 2.05) is 12.1 Å². The molecule has 19 heavy (non-hydrogen) atoms. The largest absolute Gasteiger partial charge is 0.370 e. The summed E-state index contributed by atoms with van der Waals surface area (Å²) >= 11 is 3.43. The van der Waals surface area contributed by atoms with Gasteiger partial charge in [0.05, 0.1) is 6.54 Å². The monoisotopic (exact) mass is 323 g/mol. The van der Waals surface area contributed by atoms with Crippen molar-refractivity contribution in [2.75, 3.05) is 0 Å². The Bertz CT molecular complexity index is 406. The van der Waals surface area contributed by atoms with Crippen molar-refractivity contribution < 1.29 is 0 Å². The Morgan fingerprint density at radius 2 is 1.79 bits per heavy atom. The van der Waals surface area contributed by atoms with E-state index in [0.29, 0.717) is 18.5 Å². The average molecular weight is 324 g/mol. The molecule has 4 heteroatoms. The van der Waals surface area contributed by atoms with Crippen molar-refractivity contribution in [3.8, 4) is 0 Å². The van der Waals surface area contributed by atoms with Crippen LogP contribution in [0.5, 0.6) is 0 Å². The number of hydrogen-bond donors (Lipinski definition) is 2. The van der Waals surface area contributed by atoms with E-state index in [4.69, 9.17) is 5.73 Å². The molecule has 104 valence electrons. The predicted octanol–water partition coefficient (Wildman–Crippen LogP) is 3.58. The van der Waals surface area contributed by atoms with Crippen LogP contribution in [-0.2, 0) is 6.54 Å². The highest BCUT2D eigenvalue weighted by Gasteiger charge is 2.12. The zero-order chi connectivity index (χ0) is 13.5. The van der Waals surface area contributed by atoms with E-state index in [2.05, 4.69) is 38.4 Å². The Labute approximate surface area is 123 Å². The van der Waals surface area contributed by atoms with Crippen LogP contribution in [0.1, 0.15) is 44.1 Å². The van der Waals surface area contributed by atoms with E-state index in [0.717, 1.165) is 4.47 Å². The molecule has 1 aromatic rings. The minimum absolute atomic E-state index is 0.510. The molecule has 0 aliphatic heterocycles. The first kappa shape index (κ1) is 14.4. The number of nitrogens with zero attached hydrogens (tertiary/aromatic N) is 1. The number of nitrogens with two attached hydrogens (primary N) is 1. The molecule has 0 bridgehead atoms. The van der Waals surface area contributed by atoms with E-state index in [9.17, 15) is 0 Å². The van der Waals surface area contributed by atoms with E-state index >= 15 is 0 Å². The first-order chi connectivity index (χ1) is 9.24. The summed E-state index contributed by atoms with van der Waals surface area (Å²) in [4.78, 5) is 4.42. The van der Waals surface area contributed by atoms with Crippen LogP contribution in [0.2, 0.25) is 0 Å². The molecular weight excluding hydrogens is 302 g/mol. The van der Waals surface area contributed by atoms with E-state index < -0.39 is 0 Å². The zero-order valence-corrected chi connectivity index (χ0v) is 12.8. The summed E-state index contributed by atoms with van der Waals surface area (Å²) in [5.41, 5.74) is 7.14. The minimum atomic E-state index is 0.510. The average Bonchev–Trinajstić information content (AvgIpc) is 2.67. The van der Waals surface area contributed by atoms with Crippen LogP contribution in [-0.4, -0.2) is 12.0 Å². The van der Waals surface area contributed by atoms with Crippen molar-refractivity contribution in [3.63, 3.8) is 0 Å². The van der Waals surface area contributed by atoms with Gasteiger partial charge in [0.1, 0.15) is 0 Å². The third kappa shape index (κ3) is 5.23. The van der Waals surface area contributed by atoms with E-state index in [-0.39, 0.29) is 0 Å². The summed E-state index contributed by atoms with van der Waals surface area (Å²) in [5.74, 6) is 0.579. The lowest BCUT2D eigenvalue weighted by Gasteiger charge is -2.16. The van der Waals surface area contributed by atoms with Gasteiger partial charge in [-0.3, -0.25) is 0 Å². The lowest BCUT2D eigenvalue weighted by molar-refractivity contribution is 0.530. The maximum absolute atomic E-state index is 5.96. The molecule has 0 amide bonds. The second-order valence-corrected chi connectivity index (χ2v) is 6.08. The van der Waals surface area contributed by atoms with Crippen molar-refractivity contribution in [2.24, 2.45) is 10.7 Å². The predicted molar refractivity (Wildman–Crippen MR) is 84.1 cm³/mol. The van der Waals surface area contributed by atoms with E-state index in [1.165, 1.54) is 44.1 Å². The fraction of sp³-hybridized carbons (Fsp3) is 0.533. The molecule has 0 unspecified atom stereocenters. The van der Waals surface area contributed by atoms with Crippen LogP contribution in [0.15, 0.2) is 33.7 Å². The topological polar surface area (TPSA) is 50.4 Å². The fourth-order valence-corrected chi connectivity index (χ4v) is 2.71. The molecule has 0 spiro atoms. The van der Waals surface area contributed by atoms with Gasteiger partial charge < -0.3 is 11.1 Å². The number of aliphatic imine (C=N–C) groups is 1. The maximum Gasteiger partial charge on any atom is 0.189 e. The lowest BCUT2D eigenvalue weighted by atomic mass is 10.1. The van der Waals surface area contributed by atoms with Gasteiger partial charge in [-0.1, -0.05) is 53.7 Å². The Balaban J connectivity index is 1.82. The number of halogens is 1. The van der Waals surface area contributed by atoms with Gasteiger partial charge >= 0.3 is 0 Å². The number of benzene rings is 1. The Morgan fingerprint density at radius 3 is 2.42 bits per heavy atom. The van der Waals surface area contributed by atoms with E-state index in [1.54, 1.807) is 0 Å². The molecule has 0 aromatic heterocycles. The molecule has 1 aromatic carbocycles. The highest BCUT2D eigenvalue weighted by Crippen LogP contribution is 2.17. The van der Waals surface area contributed by atoms with Crippen molar-refractivity contribution >= 4 is 21.9 Å². The summed E-state index contributed by atoms with van der Waals surface area (Å²) in [5, 5.41) is 3.36. The number of nitrogens with one attached hydrogen (secondary N) is 1. The van der Waals surface area contributed by atoms with Gasteiger partial charge in [0.25, 0.3) is 0 Å². The summed E-state index contributed by atoms with van der Waals surface area (Å²) in [6, 6.07) is 8.69. The molecule has 1 aliphatic carbocycles. The first-order valence-corrected chi connectivity index (χ1v) is 7.84. The molecule has 1 aliphatic rings. The second-order valence-electron chi connectivity index (χ2n) is 5.16. The molecule has 0 radical (unpaired) electrons.